The van der Waals surface area contributed by atoms with Crippen LogP contribution in [-0.4, -0.2) is 9.55 Å². The van der Waals surface area contributed by atoms with Crippen LogP contribution in [0.3, 0.4) is 0 Å². The van der Waals surface area contributed by atoms with E-state index < -0.39 is 0 Å². The van der Waals surface area contributed by atoms with Gasteiger partial charge < -0.3 is 9.88 Å². The molecule has 0 radical (unpaired) electrons. The Labute approximate surface area is 124 Å². The fourth-order valence-electron chi connectivity index (χ4n) is 2.98. The molecule has 1 aliphatic carbocycles. The molecule has 0 fully saturated rings. The van der Waals surface area contributed by atoms with Gasteiger partial charge in [0.05, 0.1) is 17.4 Å². The Balaban J connectivity index is 1.85. The molecule has 2 heterocycles. The number of nitrogens with one attached hydrogen (secondary N) is 1. The Morgan fingerprint density at radius 2 is 2.29 bits per heavy atom. The van der Waals surface area contributed by atoms with Crippen LogP contribution in [0.1, 0.15) is 43.5 Å². The summed E-state index contributed by atoms with van der Waals surface area (Å²) in [6.07, 6.45) is 8.09. The summed E-state index contributed by atoms with van der Waals surface area (Å²) in [7, 11) is 0. The number of aromatic nitrogens is 2. The van der Waals surface area contributed by atoms with Gasteiger partial charge in [-0.2, -0.15) is 0 Å². The zero-order chi connectivity index (χ0) is 14.7. The summed E-state index contributed by atoms with van der Waals surface area (Å²) in [6, 6.07) is 7.91. The van der Waals surface area contributed by atoms with Crippen molar-refractivity contribution in [3.8, 4) is 0 Å². The fourth-order valence-corrected chi connectivity index (χ4v) is 2.98. The molecule has 0 amide bonds. The summed E-state index contributed by atoms with van der Waals surface area (Å²) in [5.41, 5.74) is 3.54. The van der Waals surface area contributed by atoms with Crippen molar-refractivity contribution in [1.29, 1.82) is 0 Å². The summed E-state index contributed by atoms with van der Waals surface area (Å²) >= 11 is 0. The lowest BCUT2D eigenvalue weighted by Gasteiger charge is -2.26. The maximum atomic E-state index is 11.8. The van der Waals surface area contributed by atoms with Crippen molar-refractivity contribution < 1.29 is 0 Å². The number of pyridine rings is 2. The highest BCUT2D eigenvalue weighted by atomic mass is 16.1. The Bertz CT molecular complexity index is 678. The molecule has 2 aromatic rings. The van der Waals surface area contributed by atoms with Gasteiger partial charge in [0.1, 0.15) is 0 Å². The number of hydrogen-bond acceptors (Lipinski definition) is 3. The molecule has 0 aromatic carbocycles. The van der Waals surface area contributed by atoms with Crippen molar-refractivity contribution in [1.82, 2.24) is 9.55 Å². The summed E-state index contributed by atoms with van der Waals surface area (Å²) in [6.45, 7) is 2.84. The van der Waals surface area contributed by atoms with Crippen molar-refractivity contribution in [2.75, 3.05) is 5.32 Å². The van der Waals surface area contributed by atoms with Gasteiger partial charge in [-0.25, -0.2) is 0 Å². The van der Waals surface area contributed by atoms with E-state index in [0.29, 0.717) is 0 Å². The SMILES string of the molecule is CCCn1cc(NC2CCCc3cccnc32)ccc1=O. The van der Waals surface area contributed by atoms with Crippen molar-refractivity contribution >= 4 is 5.69 Å². The van der Waals surface area contributed by atoms with Crippen LogP contribution in [0.25, 0.3) is 0 Å². The van der Waals surface area contributed by atoms with E-state index in [0.717, 1.165) is 37.2 Å². The van der Waals surface area contributed by atoms with Gasteiger partial charge in [-0.05, 0) is 43.4 Å². The van der Waals surface area contributed by atoms with Gasteiger partial charge >= 0.3 is 0 Å². The average molecular weight is 283 g/mol. The van der Waals surface area contributed by atoms with Crippen molar-refractivity contribution in [3.63, 3.8) is 0 Å². The van der Waals surface area contributed by atoms with Crippen LogP contribution in [0.15, 0.2) is 41.5 Å². The molecule has 0 aliphatic heterocycles. The van der Waals surface area contributed by atoms with Gasteiger partial charge in [0.2, 0.25) is 0 Å². The van der Waals surface area contributed by atoms with Crippen LogP contribution in [0.2, 0.25) is 0 Å². The largest absolute Gasteiger partial charge is 0.375 e. The number of aryl methyl sites for hydroxylation is 2. The molecule has 21 heavy (non-hydrogen) atoms. The van der Waals surface area contributed by atoms with E-state index in [1.807, 2.05) is 24.5 Å². The van der Waals surface area contributed by atoms with Gasteiger partial charge in [0.15, 0.2) is 0 Å². The normalized spacial score (nSPS) is 17.3. The molecule has 0 spiro atoms. The first kappa shape index (κ1) is 13.9. The van der Waals surface area contributed by atoms with Gasteiger partial charge in [-0.15, -0.1) is 0 Å². The Morgan fingerprint density at radius 1 is 1.38 bits per heavy atom. The molecule has 1 aliphatic rings. The Morgan fingerprint density at radius 3 is 3.14 bits per heavy atom. The third-order valence-electron chi connectivity index (χ3n) is 3.98. The molecule has 1 unspecified atom stereocenters. The number of hydrogen-bond donors (Lipinski definition) is 1. The first-order valence-electron chi connectivity index (χ1n) is 7.68. The van der Waals surface area contributed by atoms with E-state index in [1.54, 1.807) is 10.6 Å². The molecular formula is C17H21N3O. The second kappa shape index (κ2) is 6.12. The summed E-state index contributed by atoms with van der Waals surface area (Å²) in [4.78, 5) is 16.3. The van der Waals surface area contributed by atoms with Gasteiger partial charge in [-0.3, -0.25) is 9.78 Å². The molecule has 3 rings (SSSR count). The number of rotatable bonds is 4. The highest BCUT2D eigenvalue weighted by Crippen LogP contribution is 2.30. The third-order valence-corrected chi connectivity index (χ3v) is 3.98. The van der Waals surface area contributed by atoms with Crippen LogP contribution >= 0.6 is 0 Å². The summed E-state index contributed by atoms with van der Waals surface area (Å²) < 4.78 is 1.77. The molecule has 1 N–H and O–H groups in total. The van der Waals surface area contributed by atoms with E-state index in [9.17, 15) is 4.79 Å². The predicted molar refractivity (Wildman–Crippen MR) is 84.5 cm³/mol. The highest BCUT2D eigenvalue weighted by Gasteiger charge is 2.21. The van der Waals surface area contributed by atoms with Gasteiger partial charge in [0, 0.05) is 25.0 Å². The molecule has 110 valence electrons. The Hall–Kier alpha value is -2.10. The van der Waals surface area contributed by atoms with Gasteiger partial charge in [0.25, 0.3) is 5.56 Å². The molecule has 4 heteroatoms. The molecule has 1 atom stereocenters. The standard InChI is InChI=1S/C17H21N3O/c1-2-11-20-12-14(8-9-16(20)21)19-15-7-3-5-13-6-4-10-18-17(13)15/h4,6,8-10,12,15,19H,2-3,5,7,11H2,1H3. The molecule has 0 bridgehead atoms. The molecule has 4 nitrogen and oxygen atoms in total. The zero-order valence-electron chi connectivity index (χ0n) is 12.4. The number of anilines is 1. The zero-order valence-corrected chi connectivity index (χ0v) is 12.4. The fraction of sp³-hybridized carbons (Fsp3) is 0.412. The number of nitrogens with zero attached hydrogens (tertiary/aromatic N) is 2. The topological polar surface area (TPSA) is 46.9 Å². The van der Waals surface area contributed by atoms with Crippen LogP contribution < -0.4 is 10.9 Å². The van der Waals surface area contributed by atoms with E-state index in [-0.39, 0.29) is 11.6 Å². The lowest BCUT2D eigenvalue weighted by molar-refractivity contribution is 0.581. The van der Waals surface area contributed by atoms with Crippen LogP contribution in [0.5, 0.6) is 0 Å². The van der Waals surface area contributed by atoms with Gasteiger partial charge in [-0.1, -0.05) is 13.0 Å². The van der Waals surface area contributed by atoms with Crippen molar-refractivity contribution in [2.24, 2.45) is 0 Å². The first-order chi connectivity index (χ1) is 10.3. The van der Waals surface area contributed by atoms with E-state index in [2.05, 4.69) is 23.3 Å². The third kappa shape index (κ3) is 2.99. The molecular weight excluding hydrogens is 262 g/mol. The minimum atomic E-state index is 0.0598. The molecule has 0 saturated heterocycles. The Kier molecular flexibility index (Phi) is 4.04. The van der Waals surface area contributed by atoms with E-state index >= 15 is 0 Å². The minimum Gasteiger partial charge on any atom is -0.375 e. The second-order valence-electron chi connectivity index (χ2n) is 5.59. The van der Waals surface area contributed by atoms with Crippen LogP contribution in [0.4, 0.5) is 5.69 Å². The first-order valence-corrected chi connectivity index (χ1v) is 7.68. The number of fused-ring (bicyclic) bond motifs is 1. The maximum Gasteiger partial charge on any atom is 0.250 e. The summed E-state index contributed by atoms with van der Waals surface area (Å²) in [5, 5.41) is 3.54. The maximum absolute atomic E-state index is 11.8. The van der Waals surface area contributed by atoms with Crippen molar-refractivity contribution in [2.45, 2.75) is 45.2 Å². The van der Waals surface area contributed by atoms with Crippen LogP contribution in [-0.2, 0) is 13.0 Å². The van der Waals surface area contributed by atoms with Crippen molar-refractivity contribution in [3.05, 3.63) is 58.3 Å². The van der Waals surface area contributed by atoms with E-state index in [4.69, 9.17) is 0 Å². The molecule has 0 saturated carbocycles. The smallest absolute Gasteiger partial charge is 0.250 e. The van der Waals surface area contributed by atoms with Crippen LogP contribution in [0, 0.1) is 0 Å². The average Bonchev–Trinajstić information content (AvgIpc) is 2.51. The second-order valence-corrected chi connectivity index (χ2v) is 5.59. The monoisotopic (exact) mass is 283 g/mol. The minimum absolute atomic E-state index is 0.0598. The molecule has 2 aromatic heterocycles. The summed E-state index contributed by atoms with van der Waals surface area (Å²) in [5.74, 6) is 0. The quantitative estimate of drug-likeness (QED) is 0.937. The highest BCUT2D eigenvalue weighted by molar-refractivity contribution is 5.44. The van der Waals surface area contributed by atoms with E-state index in [1.165, 1.54) is 12.0 Å². The lowest BCUT2D eigenvalue weighted by atomic mass is 9.92. The predicted octanol–water partition coefficient (Wildman–Crippen LogP) is 3.14. The lowest BCUT2D eigenvalue weighted by Crippen LogP contribution is -2.22.